The maximum atomic E-state index is 12.6. The van der Waals surface area contributed by atoms with E-state index in [1.54, 1.807) is 5.51 Å². The van der Waals surface area contributed by atoms with Gasteiger partial charge in [-0.3, -0.25) is 4.79 Å². The quantitative estimate of drug-likeness (QED) is 0.840. The molecule has 0 aromatic carbocycles. The number of carbonyl (C=O) groups is 1. The lowest BCUT2D eigenvalue weighted by molar-refractivity contribution is 0.00989. The van der Waals surface area contributed by atoms with E-state index in [0.717, 1.165) is 16.6 Å². The summed E-state index contributed by atoms with van der Waals surface area (Å²) in [5.74, 6) is 0.0543. The van der Waals surface area contributed by atoms with Crippen LogP contribution < -0.4 is 0 Å². The van der Waals surface area contributed by atoms with Crippen LogP contribution >= 0.6 is 27.3 Å². The molecule has 1 aromatic rings. The lowest BCUT2D eigenvalue weighted by Crippen LogP contribution is -2.53. The molecule has 0 unspecified atom stereocenters. The highest BCUT2D eigenvalue weighted by atomic mass is 79.9. The normalized spacial score (nSPS) is 18.8. The van der Waals surface area contributed by atoms with Gasteiger partial charge in [-0.15, -0.1) is 11.3 Å². The Labute approximate surface area is 121 Å². The van der Waals surface area contributed by atoms with Gasteiger partial charge in [0.2, 0.25) is 0 Å². The first kappa shape index (κ1) is 14.0. The Kier molecular flexibility index (Phi) is 3.83. The highest BCUT2D eigenvalue weighted by molar-refractivity contribution is 9.11. The third-order valence-electron chi connectivity index (χ3n) is 3.49. The summed E-state index contributed by atoms with van der Waals surface area (Å²) >= 11 is 4.86. The van der Waals surface area contributed by atoms with E-state index in [-0.39, 0.29) is 11.9 Å². The zero-order valence-electron chi connectivity index (χ0n) is 11.2. The minimum atomic E-state index is 0.0543. The second-order valence-corrected chi connectivity index (χ2v) is 8.18. The summed E-state index contributed by atoms with van der Waals surface area (Å²) in [7, 11) is 0. The van der Waals surface area contributed by atoms with E-state index in [1.807, 2.05) is 4.90 Å². The first-order valence-electron chi connectivity index (χ1n) is 6.23. The van der Waals surface area contributed by atoms with Crippen molar-refractivity contribution in [3.05, 3.63) is 15.0 Å². The van der Waals surface area contributed by atoms with Gasteiger partial charge in [0.25, 0.3) is 5.91 Å². The van der Waals surface area contributed by atoms with Gasteiger partial charge in [0, 0.05) is 12.1 Å². The molecular weight excluding hydrogens is 312 g/mol. The van der Waals surface area contributed by atoms with Crippen LogP contribution in [0.4, 0.5) is 0 Å². The van der Waals surface area contributed by atoms with Crippen molar-refractivity contribution in [1.29, 1.82) is 0 Å². The molecule has 0 aliphatic heterocycles. The Morgan fingerprint density at radius 3 is 2.56 bits per heavy atom. The van der Waals surface area contributed by atoms with Gasteiger partial charge in [0.05, 0.1) is 5.51 Å². The number of hydrogen-bond acceptors (Lipinski definition) is 3. The summed E-state index contributed by atoms with van der Waals surface area (Å²) in [6, 6.07) is 0.577. The zero-order chi connectivity index (χ0) is 13.5. The number of halogens is 1. The molecule has 1 aliphatic carbocycles. The smallest absolute Gasteiger partial charge is 0.274 e. The molecule has 1 aromatic heterocycles. The molecule has 1 heterocycles. The number of rotatable bonds is 3. The predicted octanol–water partition coefficient (Wildman–Crippen LogP) is 3.94. The van der Waals surface area contributed by atoms with Crippen molar-refractivity contribution in [2.45, 2.75) is 52.6 Å². The first-order valence-corrected chi connectivity index (χ1v) is 7.91. The molecule has 0 bridgehead atoms. The molecule has 1 fully saturated rings. The van der Waals surface area contributed by atoms with Crippen molar-refractivity contribution in [2.24, 2.45) is 5.41 Å². The summed E-state index contributed by atoms with van der Waals surface area (Å²) < 4.78 is 0.830. The fourth-order valence-electron chi connectivity index (χ4n) is 2.73. The van der Waals surface area contributed by atoms with Crippen LogP contribution in [0, 0.1) is 5.41 Å². The second-order valence-electron chi connectivity index (χ2n) is 6.01. The number of amides is 1. The van der Waals surface area contributed by atoms with Crippen LogP contribution in [0.3, 0.4) is 0 Å². The first-order chi connectivity index (χ1) is 8.32. The number of nitrogens with zero attached hydrogens (tertiary/aromatic N) is 2. The van der Waals surface area contributed by atoms with Crippen LogP contribution in [0.25, 0.3) is 0 Å². The molecule has 2 rings (SSSR count). The third kappa shape index (κ3) is 2.62. The predicted molar refractivity (Wildman–Crippen MR) is 77.9 cm³/mol. The number of hydrogen-bond donors (Lipinski definition) is 0. The summed E-state index contributed by atoms with van der Waals surface area (Å²) in [4.78, 5) is 18.7. The van der Waals surface area contributed by atoms with Crippen LogP contribution in [0.5, 0.6) is 0 Å². The van der Waals surface area contributed by atoms with Gasteiger partial charge in [0.1, 0.15) is 3.79 Å². The average Bonchev–Trinajstić information content (AvgIpc) is 2.61. The van der Waals surface area contributed by atoms with Gasteiger partial charge in [-0.2, -0.15) is 0 Å². The van der Waals surface area contributed by atoms with Crippen molar-refractivity contribution in [3.8, 4) is 0 Å². The summed E-state index contributed by atoms with van der Waals surface area (Å²) in [6.07, 6.45) is 2.16. The summed E-state index contributed by atoms with van der Waals surface area (Å²) in [5.41, 5.74) is 2.64. The maximum Gasteiger partial charge on any atom is 0.274 e. The van der Waals surface area contributed by atoms with E-state index < -0.39 is 0 Å². The minimum Gasteiger partial charge on any atom is -0.332 e. The Morgan fingerprint density at radius 2 is 2.17 bits per heavy atom. The van der Waals surface area contributed by atoms with Crippen molar-refractivity contribution < 1.29 is 4.79 Å². The highest BCUT2D eigenvalue weighted by Gasteiger charge is 2.42. The number of carbonyl (C=O) groups excluding carboxylic acids is 1. The molecule has 0 saturated heterocycles. The lowest BCUT2D eigenvalue weighted by Gasteiger charge is -2.49. The molecule has 1 saturated carbocycles. The summed E-state index contributed by atoms with van der Waals surface area (Å²) in [5, 5.41) is 0. The topological polar surface area (TPSA) is 33.2 Å². The van der Waals surface area contributed by atoms with E-state index in [0.29, 0.717) is 17.2 Å². The Hall–Kier alpha value is -0.420. The van der Waals surface area contributed by atoms with Gasteiger partial charge >= 0.3 is 0 Å². The van der Waals surface area contributed by atoms with Crippen LogP contribution in [-0.4, -0.2) is 27.9 Å². The van der Waals surface area contributed by atoms with Gasteiger partial charge in [-0.1, -0.05) is 13.8 Å². The SMILES string of the molecule is CC(C)N(C(=O)c1ncsc1Br)C1CC(C)(C)C1. The Morgan fingerprint density at radius 1 is 1.56 bits per heavy atom. The van der Waals surface area contributed by atoms with E-state index >= 15 is 0 Å². The van der Waals surface area contributed by atoms with Gasteiger partial charge in [-0.25, -0.2) is 4.98 Å². The van der Waals surface area contributed by atoms with E-state index in [9.17, 15) is 4.79 Å². The van der Waals surface area contributed by atoms with Crippen LogP contribution in [0.15, 0.2) is 9.30 Å². The minimum absolute atomic E-state index is 0.0543. The lowest BCUT2D eigenvalue weighted by atomic mass is 9.67. The van der Waals surface area contributed by atoms with Crippen LogP contribution in [-0.2, 0) is 0 Å². The molecule has 3 nitrogen and oxygen atoms in total. The Bertz CT molecular complexity index is 448. The van der Waals surface area contributed by atoms with Crippen molar-refractivity contribution in [2.75, 3.05) is 0 Å². The molecule has 0 atom stereocenters. The molecule has 0 radical (unpaired) electrons. The number of aromatic nitrogens is 1. The van der Waals surface area contributed by atoms with Crippen LogP contribution in [0.1, 0.15) is 51.0 Å². The molecule has 5 heteroatoms. The van der Waals surface area contributed by atoms with Gasteiger partial charge in [0.15, 0.2) is 5.69 Å². The Balaban J connectivity index is 2.17. The molecule has 0 N–H and O–H groups in total. The molecule has 1 aliphatic rings. The summed E-state index contributed by atoms with van der Waals surface area (Å²) in [6.45, 7) is 8.66. The molecular formula is C13H19BrN2OS. The molecule has 100 valence electrons. The average molecular weight is 331 g/mol. The van der Waals surface area contributed by atoms with Crippen molar-refractivity contribution >= 4 is 33.2 Å². The molecule has 0 spiro atoms. The van der Waals surface area contributed by atoms with Crippen molar-refractivity contribution in [1.82, 2.24) is 9.88 Å². The number of thiazole rings is 1. The van der Waals surface area contributed by atoms with E-state index in [2.05, 4.69) is 48.6 Å². The maximum absolute atomic E-state index is 12.6. The van der Waals surface area contributed by atoms with Crippen LogP contribution in [0.2, 0.25) is 0 Å². The fourth-order valence-corrected chi connectivity index (χ4v) is 3.75. The molecule has 18 heavy (non-hydrogen) atoms. The highest BCUT2D eigenvalue weighted by Crippen LogP contribution is 2.44. The monoisotopic (exact) mass is 330 g/mol. The fraction of sp³-hybridized carbons (Fsp3) is 0.692. The largest absolute Gasteiger partial charge is 0.332 e. The van der Waals surface area contributed by atoms with E-state index in [4.69, 9.17) is 0 Å². The third-order valence-corrected chi connectivity index (χ3v) is 5.03. The van der Waals surface area contributed by atoms with E-state index in [1.165, 1.54) is 11.3 Å². The zero-order valence-corrected chi connectivity index (χ0v) is 13.6. The standard InChI is InChI=1S/C13H19BrN2OS/c1-8(2)16(9-5-13(3,4)6-9)12(17)10-11(14)18-7-15-10/h7-9H,5-6H2,1-4H3. The van der Waals surface area contributed by atoms with Gasteiger partial charge < -0.3 is 4.90 Å². The van der Waals surface area contributed by atoms with Crippen molar-refractivity contribution in [3.63, 3.8) is 0 Å². The molecule has 1 amide bonds. The second kappa shape index (κ2) is 4.93. The van der Waals surface area contributed by atoms with Gasteiger partial charge in [-0.05, 0) is 48.0 Å².